The minimum absolute atomic E-state index is 0.163. The molecule has 0 saturated heterocycles. The third-order valence-corrected chi connectivity index (χ3v) is 2.95. The van der Waals surface area contributed by atoms with Gasteiger partial charge in [-0.25, -0.2) is 4.79 Å². The summed E-state index contributed by atoms with van der Waals surface area (Å²) in [5, 5.41) is 5.18. The van der Waals surface area contributed by atoms with Crippen LogP contribution < -0.4 is 10.6 Å². The monoisotopic (exact) mass is 348 g/mol. The van der Waals surface area contributed by atoms with Crippen molar-refractivity contribution in [3.8, 4) is 0 Å². The van der Waals surface area contributed by atoms with E-state index in [2.05, 4.69) is 26.6 Å². The van der Waals surface area contributed by atoms with Crippen LogP contribution in [0.2, 0.25) is 0 Å². The van der Waals surface area contributed by atoms with E-state index in [-0.39, 0.29) is 24.9 Å². The second kappa shape index (κ2) is 8.77. The summed E-state index contributed by atoms with van der Waals surface area (Å²) in [5.41, 5.74) is 0.548. The van der Waals surface area contributed by atoms with Crippen LogP contribution in [0.1, 0.15) is 10.4 Å². The van der Waals surface area contributed by atoms with Crippen molar-refractivity contribution in [3.63, 3.8) is 0 Å². The lowest BCUT2D eigenvalue weighted by atomic mass is 10.2. The number of ether oxygens (including phenoxy) is 1. The van der Waals surface area contributed by atoms with Gasteiger partial charge in [0.2, 0.25) is 0 Å². The van der Waals surface area contributed by atoms with Crippen LogP contribution in [0.3, 0.4) is 0 Å². The van der Waals surface area contributed by atoms with E-state index < -0.39 is 6.09 Å². The third kappa shape index (κ3) is 5.94. The van der Waals surface area contributed by atoms with Gasteiger partial charge in [-0.1, -0.05) is 12.1 Å². The van der Waals surface area contributed by atoms with Crippen molar-refractivity contribution in [2.24, 2.45) is 0 Å². The quantitative estimate of drug-likeness (QED) is 0.611. The fourth-order valence-corrected chi connectivity index (χ4v) is 1.81. The van der Waals surface area contributed by atoms with E-state index in [1.54, 1.807) is 18.2 Å². The minimum atomic E-state index is -0.546. The number of hydrogen-bond acceptors (Lipinski definition) is 3. The molecule has 104 valence electrons. The van der Waals surface area contributed by atoms with Crippen LogP contribution in [-0.4, -0.2) is 37.6 Å². The molecule has 2 N–H and O–H groups in total. The van der Waals surface area contributed by atoms with Crippen LogP contribution >= 0.6 is 27.5 Å². The first-order valence-electron chi connectivity index (χ1n) is 5.64. The van der Waals surface area contributed by atoms with E-state index >= 15 is 0 Å². The molecule has 0 aromatic heterocycles. The van der Waals surface area contributed by atoms with Gasteiger partial charge in [-0.15, -0.1) is 11.6 Å². The predicted molar refractivity (Wildman–Crippen MR) is 76.5 cm³/mol. The maximum Gasteiger partial charge on any atom is 0.407 e. The van der Waals surface area contributed by atoms with Crippen molar-refractivity contribution < 1.29 is 14.3 Å². The molecule has 0 heterocycles. The number of carbonyl (C=O) groups excluding carboxylic acids is 2. The first-order chi connectivity index (χ1) is 9.15. The largest absolute Gasteiger partial charge is 0.448 e. The zero-order valence-corrected chi connectivity index (χ0v) is 12.5. The van der Waals surface area contributed by atoms with Crippen molar-refractivity contribution in [1.82, 2.24) is 10.6 Å². The lowest BCUT2D eigenvalue weighted by Crippen LogP contribution is -2.35. The molecule has 0 saturated carbocycles. The van der Waals surface area contributed by atoms with Crippen molar-refractivity contribution >= 4 is 39.5 Å². The Morgan fingerprint density at radius 2 is 1.89 bits per heavy atom. The van der Waals surface area contributed by atoms with E-state index in [0.29, 0.717) is 12.1 Å². The van der Waals surface area contributed by atoms with Crippen LogP contribution in [0.15, 0.2) is 28.7 Å². The van der Waals surface area contributed by atoms with Crippen LogP contribution in [-0.2, 0) is 4.74 Å². The molecular formula is C12H14BrClN2O3. The van der Waals surface area contributed by atoms with Crippen molar-refractivity contribution in [3.05, 3.63) is 34.3 Å². The van der Waals surface area contributed by atoms with E-state index in [4.69, 9.17) is 16.3 Å². The fraction of sp³-hybridized carbons (Fsp3) is 0.333. The van der Waals surface area contributed by atoms with Crippen LogP contribution in [0.25, 0.3) is 0 Å². The smallest absolute Gasteiger partial charge is 0.407 e. The topological polar surface area (TPSA) is 67.4 Å². The Labute approximate surface area is 124 Å². The molecule has 0 aliphatic carbocycles. The summed E-state index contributed by atoms with van der Waals surface area (Å²) < 4.78 is 5.42. The van der Waals surface area contributed by atoms with Crippen molar-refractivity contribution in [2.75, 3.05) is 25.6 Å². The summed E-state index contributed by atoms with van der Waals surface area (Å²) in [5.74, 6) is 0.0510. The van der Waals surface area contributed by atoms with Gasteiger partial charge in [0.25, 0.3) is 5.91 Å². The zero-order valence-electron chi connectivity index (χ0n) is 10.1. The van der Waals surface area contributed by atoms with Crippen molar-refractivity contribution in [1.29, 1.82) is 0 Å². The van der Waals surface area contributed by atoms with Gasteiger partial charge in [0.1, 0.15) is 6.61 Å². The number of hydrogen-bond donors (Lipinski definition) is 2. The maximum absolute atomic E-state index is 11.8. The molecule has 1 aromatic rings. The summed E-state index contributed by atoms with van der Waals surface area (Å²) in [6, 6.07) is 7.11. The lowest BCUT2D eigenvalue weighted by molar-refractivity contribution is 0.0951. The van der Waals surface area contributed by atoms with E-state index in [1.807, 2.05) is 6.07 Å². The number of halogens is 2. The van der Waals surface area contributed by atoms with Crippen molar-refractivity contribution in [2.45, 2.75) is 0 Å². The van der Waals surface area contributed by atoms with E-state index in [0.717, 1.165) is 4.47 Å². The second-order valence-corrected chi connectivity index (χ2v) is 4.72. The average Bonchev–Trinajstić information content (AvgIpc) is 2.41. The van der Waals surface area contributed by atoms with Crippen LogP contribution in [0.5, 0.6) is 0 Å². The van der Waals surface area contributed by atoms with Gasteiger partial charge < -0.3 is 15.4 Å². The number of alkyl carbamates (subject to hydrolysis) is 1. The number of alkyl halides is 1. The summed E-state index contributed by atoms with van der Waals surface area (Å²) in [4.78, 5) is 22.8. The highest BCUT2D eigenvalue weighted by molar-refractivity contribution is 9.10. The average molecular weight is 350 g/mol. The van der Waals surface area contributed by atoms with Crippen LogP contribution in [0, 0.1) is 0 Å². The molecule has 0 aliphatic rings. The van der Waals surface area contributed by atoms with Gasteiger partial charge in [0, 0.05) is 17.6 Å². The highest BCUT2D eigenvalue weighted by Gasteiger charge is 2.08. The SMILES string of the molecule is O=C(NCCNC(=O)c1ccccc1Br)OCCCl. The molecule has 1 aromatic carbocycles. The van der Waals surface area contributed by atoms with E-state index in [1.165, 1.54) is 0 Å². The molecule has 0 aliphatic heterocycles. The molecule has 0 fully saturated rings. The zero-order chi connectivity index (χ0) is 14.1. The highest BCUT2D eigenvalue weighted by Crippen LogP contribution is 2.15. The Morgan fingerprint density at radius 3 is 2.58 bits per heavy atom. The summed E-state index contributed by atoms with van der Waals surface area (Å²) in [6.07, 6.45) is -0.546. The molecular weight excluding hydrogens is 336 g/mol. The molecule has 1 rings (SSSR count). The maximum atomic E-state index is 11.8. The molecule has 7 heteroatoms. The molecule has 0 unspecified atom stereocenters. The minimum Gasteiger partial charge on any atom is -0.448 e. The van der Waals surface area contributed by atoms with Gasteiger partial charge in [0.15, 0.2) is 0 Å². The first-order valence-corrected chi connectivity index (χ1v) is 6.97. The Hall–Kier alpha value is -1.27. The normalized spacial score (nSPS) is 9.79. The lowest BCUT2D eigenvalue weighted by Gasteiger charge is -2.08. The van der Waals surface area contributed by atoms with E-state index in [9.17, 15) is 9.59 Å². The third-order valence-electron chi connectivity index (χ3n) is 2.11. The molecule has 19 heavy (non-hydrogen) atoms. The Morgan fingerprint density at radius 1 is 1.21 bits per heavy atom. The molecule has 5 nitrogen and oxygen atoms in total. The molecule has 2 amide bonds. The second-order valence-electron chi connectivity index (χ2n) is 3.49. The number of carbonyl (C=O) groups is 2. The predicted octanol–water partition coefficient (Wildman–Crippen LogP) is 2.14. The number of benzene rings is 1. The van der Waals surface area contributed by atoms with Gasteiger partial charge in [-0.05, 0) is 28.1 Å². The van der Waals surface area contributed by atoms with Gasteiger partial charge in [-0.2, -0.15) is 0 Å². The fourth-order valence-electron chi connectivity index (χ4n) is 1.26. The summed E-state index contributed by atoms with van der Waals surface area (Å²) in [6.45, 7) is 0.768. The van der Waals surface area contributed by atoms with Gasteiger partial charge in [0.05, 0.1) is 11.4 Å². The number of amides is 2. The Balaban J connectivity index is 2.25. The first kappa shape index (κ1) is 15.8. The standard InChI is InChI=1S/C12H14BrClN2O3/c13-10-4-2-1-3-9(10)11(17)15-6-7-16-12(18)19-8-5-14/h1-4H,5-8H2,(H,15,17)(H,16,18). The summed E-state index contributed by atoms with van der Waals surface area (Å²) in [7, 11) is 0. The molecule has 0 atom stereocenters. The number of rotatable bonds is 6. The van der Waals surface area contributed by atoms with Crippen LogP contribution in [0.4, 0.5) is 4.79 Å². The van der Waals surface area contributed by atoms with Gasteiger partial charge >= 0.3 is 6.09 Å². The molecule has 0 bridgehead atoms. The highest BCUT2D eigenvalue weighted by atomic mass is 79.9. The molecule has 0 radical (unpaired) electrons. The number of nitrogens with one attached hydrogen (secondary N) is 2. The summed E-state index contributed by atoms with van der Waals surface area (Å²) >= 11 is 8.66. The molecule has 0 spiro atoms. The Kier molecular flexibility index (Phi) is 7.28. The van der Waals surface area contributed by atoms with Gasteiger partial charge in [-0.3, -0.25) is 4.79 Å². The Bertz CT molecular complexity index is 443.